The van der Waals surface area contributed by atoms with Crippen LogP contribution in [0.3, 0.4) is 0 Å². The van der Waals surface area contributed by atoms with Crippen molar-refractivity contribution in [3.63, 3.8) is 0 Å². The molecule has 49 heavy (non-hydrogen) atoms. The summed E-state index contributed by atoms with van der Waals surface area (Å²) in [5.74, 6) is -0.173. The number of piperazine rings is 1. The lowest BCUT2D eigenvalue weighted by atomic mass is 10.0. The highest BCUT2D eigenvalue weighted by molar-refractivity contribution is 5.91. The molecule has 2 aromatic carbocycles. The van der Waals surface area contributed by atoms with E-state index in [4.69, 9.17) is 4.74 Å². The highest BCUT2D eigenvalue weighted by atomic mass is 16.6. The van der Waals surface area contributed by atoms with Crippen molar-refractivity contribution in [2.75, 3.05) is 64.2 Å². The molecule has 0 saturated carbocycles. The van der Waals surface area contributed by atoms with E-state index in [1.54, 1.807) is 11.0 Å². The third-order valence-electron chi connectivity index (χ3n) is 10.8. The molecule has 1 atom stereocenters. The molecule has 5 heterocycles. The number of para-hydroxylation sites is 1. The molecule has 3 saturated heterocycles. The van der Waals surface area contributed by atoms with Gasteiger partial charge in [-0.25, -0.2) is 9.59 Å². The summed E-state index contributed by atoms with van der Waals surface area (Å²) in [7, 11) is 0. The van der Waals surface area contributed by atoms with Crippen LogP contribution in [0.1, 0.15) is 42.4 Å². The second-order valence-corrected chi connectivity index (χ2v) is 13.9. The van der Waals surface area contributed by atoms with Crippen molar-refractivity contribution < 1.29 is 19.1 Å². The van der Waals surface area contributed by atoms with E-state index in [1.165, 1.54) is 6.07 Å². The molecule has 12 heteroatoms. The fourth-order valence-electron chi connectivity index (χ4n) is 8.01. The van der Waals surface area contributed by atoms with Crippen molar-refractivity contribution >= 4 is 34.6 Å². The van der Waals surface area contributed by atoms with Crippen LogP contribution in [0.4, 0.5) is 15.3 Å². The molecule has 3 fully saturated rings. The maximum absolute atomic E-state index is 14.1. The molecule has 3 N–H and O–H groups in total. The summed E-state index contributed by atoms with van der Waals surface area (Å²) in [6.07, 6.45) is 3.04. The van der Waals surface area contributed by atoms with Crippen LogP contribution >= 0.6 is 0 Å². The van der Waals surface area contributed by atoms with Gasteiger partial charge in [0.25, 0.3) is 5.91 Å². The molecular formula is C37H47N7O5. The van der Waals surface area contributed by atoms with Gasteiger partial charge in [0.05, 0.1) is 5.52 Å². The highest BCUT2D eigenvalue weighted by Gasteiger charge is 2.36. The molecule has 4 aliphatic rings. The van der Waals surface area contributed by atoms with Crippen LogP contribution in [-0.2, 0) is 22.4 Å². The first-order chi connectivity index (χ1) is 23.8. The topological polar surface area (TPSA) is 130 Å². The van der Waals surface area contributed by atoms with E-state index in [0.29, 0.717) is 51.6 Å². The Morgan fingerprint density at radius 1 is 0.857 bits per heavy atom. The summed E-state index contributed by atoms with van der Waals surface area (Å²) in [5.41, 5.74) is 4.32. The van der Waals surface area contributed by atoms with Gasteiger partial charge in [-0.2, -0.15) is 0 Å². The number of piperidine rings is 2. The van der Waals surface area contributed by atoms with Crippen LogP contribution in [0.15, 0.2) is 53.3 Å². The van der Waals surface area contributed by atoms with Crippen LogP contribution in [0, 0.1) is 6.92 Å². The van der Waals surface area contributed by atoms with Gasteiger partial charge in [0.15, 0.2) is 6.10 Å². The number of fused-ring (bicyclic) bond motifs is 2. The van der Waals surface area contributed by atoms with Gasteiger partial charge in [0.2, 0.25) is 5.56 Å². The van der Waals surface area contributed by atoms with Gasteiger partial charge in [0.1, 0.15) is 0 Å². The first kappa shape index (κ1) is 33.1. The normalized spacial score (nSPS) is 20.4. The van der Waals surface area contributed by atoms with Crippen LogP contribution in [0.25, 0.3) is 10.9 Å². The lowest BCUT2D eigenvalue weighted by Crippen LogP contribution is -2.56. The number of aromatic nitrogens is 1. The van der Waals surface area contributed by atoms with Gasteiger partial charge in [-0.3, -0.25) is 14.5 Å². The van der Waals surface area contributed by atoms with Gasteiger partial charge < -0.3 is 35.1 Å². The van der Waals surface area contributed by atoms with Crippen LogP contribution in [0.2, 0.25) is 0 Å². The largest absolute Gasteiger partial charge is 0.436 e. The number of carbonyl (C=O) groups excluding carboxylic acids is 3. The van der Waals surface area contributed by atoms with Crippen LogP contribution in [0.5, 0.6) is 0 Å². The highest BCUT2D eigenvalue weighted by Crippen LogP contribution is 2.26. The van der Waals surface area contributed by atoms with Crippen molar-refractivity contribution in [3.05, 3.63) is 75.6 Å². The number of likely N-dealkylation sites (tertiary alicyclic amines) is 1. The van der Waals surface area contributed by atoms with E-state index in [0.717, 1.165) is 78.7 Å². The van der Waals surface area contributed by atoms with E-state index in [-0.39, 0.29) is 30.0 Å². The fraction of sp³-hybridized carbons (Fsp3) is 0.514. The number of urea groups is 1. The zero-order chi connectivity index (χ0) is 33.9. The molecule has 0 bridgehead atoms. The summed E-state index contributed by atoms with van der Waals surface area (Å²) >= 11 is 0. The second kappa shape index (κ2) is 14.6. The Morgan fingerprint density at radius 2 is 1.61 bits per heavy atom. The van der Waals surface area contributed by atoms with Crippen molar-refractivity contribution in [1.82, 2.24) is 29.9 Å². The van der Waals surface area contributed by atoms with E-state index in [1.807, 2.05) is 53.1 Å². The summed E-state index contributed by atoms with van der Waals surface area (Å²) in [5, 5.41) is 7.35. The number of pyridine rings is 1. The molecule has 4 aliphatic heterocycles. The van der Waals surface area contributed by atoms with E-state index >= 15 is 0 Å². The molecule has 7 rings (SSSR count). The Bertz CT molecular complexity index is 1740. The lowest BCUT2D eigenvalue weighted by molar-refractivity contribution is -0.143. The van der Waals surface area contributed by atoms with E-state index in [9.17, 15) is 19.2 Å². The first-order valence-electron chi connectivity index (χ1n) is 17.8. The molecule has 1 aromatic heterocycles. The minimum atomic E-state index is -0.981. The molecule has 0 aliphatic carbocycles. The predicted molar refractivity (Wildman–Crippen MR) is 188 cm³/mol. The number of aryl methyl sites for hydroxylation is 1. The average molecular weight is 670 g/mol. The number of carbonyl (C=O) groups is 3. The average Bonchev–Trinajstić information content (AvgIpc) is 3.30. The number of hydrogen-bond donors (Lipinski definition) is 3. The van der Waals surface area contributed by atoms with E-state index in [2.05, 4.69) is 20.5 Å². The van der Waals surface area contributed by atoms with E-state index < -0.39 is 12.2 Å². The molecule has 260 valence electrons. The Labute approximate surface area is 286 Å². The molecule has 0 radical (unpaired) electrons. The molecule has 4 amide bonds. The van der Waals surface area contributed by atoms with Crippen LogP contribution < -0.4 is 16.2 Å². The van der Waals surface area contributed by atoms with Gasteiger partial charge in [-0.05, 0) is 92.4 Å². The van der Waals surface area contributed by atoms with Gasteiger partial charge in [-0.1, -0.05) is 24.3 Å². The number of benzene rings is 2. The monoisotopic (exact) mass is 669 g/mol. The summed E-state index contributed by atoms with van der Waals surface area (Å²) in [6, 6.07) is 15.5. The number of nitrogens with zero attached hydrogens (tertiary/aromatic N) is 4. The third kappa shape index (κ3) is 7.45. The minimum Gasteiger partial charge on any atom is -0.436 e. The maximum Gasteiger partial charge on any atom is 0.410 e. The van der Waals surface area contributed by atoms with Crippen molar-refractivity contribution in [1.29, 1.82) is 0 Å². The fourth-order valence-corrected chi connectivity index (χ4v) is 8.01. The number of rotatable bonds is 6. The van der Waals surface area contributed by atoms with Gasteiger partial charge in [-0.15, -0.1) is 0 Å². The van der Waals surface area contributed by atoms with Gasteiger partial charge >= 0.3 is 12.1 Å². The number of ether oxygens (including phenoxy) is 1. The maximum atomic E-state index is 14.1. The Balaban J connectivity index is 1.02. The lowest BCUT2D eigenvalue weighted by Gasteiger charge is -2.41. The standard InChI is InChI=1S/C37H47N7O5/c1-25-22-26(23-28-6-7-33(45)40-34(25)28)24-32(35(46)42-20-18-41(19-21-42)29-8-13-38-14-9-29)49-37(48)43-15-11-30(12-16-43)44-17-10-27-4-2-3-5-31(27)39-36(44)47/h2-7,22-23,29-30,32,38H,8-21,24H2,1H3,(H,39,47)(H,40,45)/t32-/m1/s1. The molecular weight excluding hydrogens is 622 g/mol. The second-order valence-electron chi connectivity index (χ2n) is 13.9. The number of aromatic amines is 1. The molecule has 12 nitrogen and oxygen atoms in total. The molecule has 0 spiro atoms. The number of H-pyrrole nitrogens is 1. The Morgan fingerprint density at radius 3 is 2.39 bits per heavy atom. The third-order valence-corrected chi connectivity index (χ3v) is 10.8. The summed E-state index contributed by atoms with van der Waals surface area (Å²) < 4.78 is 6.11. The zero-order valence-corrected chi connectivity index (χ0v) is 28.3. The quantitative estimate of drug-likeness (QED) is 0.367. The van der Waals surface area contributed by atoms with Crippen molar-refractivity contribution in [3.8, 4) is 0 Å². The number of nitrogens with one attached hydrogen (secondary N) is 3. The number of hydrogen-bond acceptors (Lipinski definition) is 7. The number of anilines is 1. The van der Waals surface area contributed by atoms with Gasteiger partial charge in [0, 0.05) is 76.1 Å². The minimum absolute atomic E-state index is 0.0130. The Hall–Kier alpha value is -4.42. The summed E-state index contributed by atoms with van der Waals surface area (Å²) in [6.45, 7) is 8.30. The predicted octanol–water partition coefficient (Wildman–Crippen LogP) is 3.34. The smallest absolute Gasteiger partial charge is 0.410 e. The Kier molecular flexibility index (Phi) is 9.86. The molecule has 3 aromatic rings. The number of amides is 4. The SMILES string of the molecule is Cc1cc(C[C@@H](OC(=O)N2CCC(N3CCc4ccccc4NC3=O)CC2)C(=O)N2CCN(C3CCNCC3)CC2)cc2ccc(=O)[nH]c12. The van der Waals surface area contributed by atoms with Crippen LogP contribution in [-0.4, -0.2) is 120 Å². The van der Waals surface area contributed by atoms with Crippen molar-refractivity contribution in [2.24, 2.45) is 0 Å². The zero-order valence-electron chi connectivity index (χ0n) is 28.3. The van der Waals surface area contributed by atoms with Crippen molar-refractivity contribution in [2.45, 2.75) is 63.6 Å². The molecule has 0 unspecified atom stereocenters. The summed E-state index contributed by atoms with van der Waals surface area (Å²) in [4.78, 5) is 63.7. The first-order valence-corrected chi connectivity index (χ1v) is 17.8.